The highest BCUT2D eigenvalue weighted by atomic mass is 32.2. The predicted octanol–water partition coefficient (Wildman–Crippen LogP) is 3.02. The highest BCUT2D eigenvalue weighted by Crippen LogP contribution is 2.14. The Morgan fingerprint density at radius 3 is 2.24 bits per heavy atom. The Bertz CT molecular complexity index is 726. The Balaban J connectivity index is 2.78. The zero-order valence-electron chi connectivity index (χ0n) is 15.4. The Kier molecular flexibility index (Phi) is 7.00. The van der Waals surface area contributed by atoms with Crippen LogP contribution < -0.4 is 5.32 Å². The van der Waals surface area contributed by atoms with Gasteiger partial charge in [0, 0.05) is 6.04 Å². The van der Waals surface area contributed by atoms with Crippen LogP contribution >= 0.6 is 0 Å². The second-order valence-corrected chi connectivity index (χ2v) is 9.47. The predicted molar refractivity (Wildman–Crippen MR) is 96.6 cm³/mol. The molecule has 0 aliphatic carbocycles. The number of nitrogens with zero attached hydrogens (tertiary/aromatic N) is 1. The van der Waals surface area contributed by atoms with Crippen molar-refractivity contribution >= 4 is 15.9 Å². The van der Waals surface area contributed by atoms with Crippen LogP contribution in [-0.4, -0.2) is 31.9 Å². The number of rotatable bonds is 6. The number of alkyl carbamates (subject to hydrolysis) is 1. The average molecular weight is 366 g/mol. The van der Waals surface area contributed by atoms with Crippen molar-refractivity contribution in [2.45, 2.75) is 52.0 Å². The van der Waals surface area contributed by atoms with Gasteiger partial charge in [-0.05, 0) is 44.4 Å². The van der Waals surface area contributed by atoms with Gasteiger partial charge in [0.05, 0.1) is 23.1 Å². The van der Waals surface area contributed by atoms with Crippen LogP contribution in [0.1, 0.15) is 45.7 Å². The van der Waals surface area contributed by atoms with E-state index in [-0.39, 0.29) is 17.4 Å². The summed E-state index contributed by atoms with van der Waals surface area (Å²) >= 11 is 0. The van der Waals surface area contributed by atoms with Crippen LogP contribution in [0, 0.1) is 17.2 Å². The average Bonchev–Trinajstić information content (AvgIpc) is 2.44. The molecule has 0 saturated heterocycles. The van der Waals surface area contributed by atoms with Crippen molar-refractivity contribution in [2.24, 2.45) is 5.92 Å². The molecule has 1 atom stereocenters. The first kappa shape index (κ1) is 21.0. The van der Waals surface area contributed by atoms with E-state index in [1.807, 2.05) is 19.9 Å². The van der Waals surface area contributed by atoms with Gasteiger partial charge in [0.15, 0.2) is 9.84 Å². The first-order valence-electron chi connectivity index (χ1n) is 8.11. The van der Waals surface area contributed by atoms with E-state index < -0.39 is 27.6 Å². The Morgan fingerprint density at radius 2 is 1.80 bits per heavy atom. The van der Waals surface area contributed by atoms with Gasteiger partial charge in [-0.3, -0.25) is 0 Å². The molecule has 25 heavy (non-hydrogen) atoms. The highest BCUT2D eigenvalue weighted by Gasteiger charge is 2.26. The van der Waals surface area contributed by atoms with E-state index in [9.17, 15) is 13.2 Å². The second kappa shape index (κ2) is 8.34. The Labute approximate surface area is 150 Å². The van der Waals surface area contributed by atoms with E-state index in [0.717, 1.165) is 0 Å². The number of sulfone groups is 1. The molecule has 0 aromatic heterocycles. The molecule has 1 aromatic carbocycles. The van der Waals surface area contributed by atoms with Gasteiger partial charge < -0.3 is 10.1 Å². The van der Waals surface area contributed by atoms with Crippen LogP contribution in [0.2, 0.25) is 0 Å². The fraction of sp³-hybridized carbons (Fsp3) is 0.556. The first-order valence-corrected chi connectivity index (χ1v) is 9.93. The smallest absolute Gasteiger partial charge is 0.407 e. The van der Waals surface area contributed by atoms with Crippen LogP contribution in [-0.2, 0) is 20.3 Å². The third-order valence-electron chi connectivity index (χ3n) is 3.41. The number of nitrogens with one attached hydrogen (secondary N) is 1. The SMILES string of the molecule is CC(C)[C@@H](CS(=O)(=O)Cc1ccc(C#N)cc1)NC(=O)OC(C)(C)C. The maximum Gasteiger partial charge on any atom is 0.407 e. The Hall–Kier alpha value is -2.07. The quantitative estimate of drug-likeness (QED) is 0.835. The zero-order valence-corrected chi connectivity index (χ0v) is 16.2. The number of carbonyl (C=O) groups is 1. The van der Waals surface area contributed by atoms with E-state index in [0.29, 0.717) is 11.1 Å². The molecule has 0 saturated carbocycles. The summed E-state index contributed by atoms with van der Waals surface area (Å²) in [6, 6.07) is 7.88. The zero-order chi connectivity index (χ0) is 19.3. The molecule has 0 spiro atoms. The molecule has 0 radical (unpaired) electrons. The summed E-state index contributed by atoms with van der Waals surface area (Å²) in [6.07, 6.45) is -0.625. The molecule has 7 heteroatoms. The van der Waals surface area contributed by atoms with Gasteiger partial charge in [0.1, 0.15) is 5.60 Å². The summed E-state index contributed by atoms with van der Waals surface area (Å²) in [5, 5.41) is 11.4. The van der Waals surface area contributed by atoms with Crippen LogP contribution in [0.4, 0.5) is 4.79 Å². The van der Waals surface area contributed by atoms with E-state index in [1.165, 1.54) is 0 Å². The minimum absolute atomic E-state index is 0.0664. The third kappa shape index (κ3) is 8.03. The number of hydrogen-bond donors (Lipinski definition) is 1. The van der Waals surface area contributed by atoms with Gasteiger partial charge in [-0.1, -0.05) is 26.0 Å². The van der Waals surface area contributed by atoms with Gasteiger partial charge in [-0.25, -0.2) is 13.2 Å². The molecule has 0 bridgehead atoms. The number of ether oxygens (including phenoxy) is 1. The maximum absolute atomic E-state index is 12.5. The topological polar surface area (TPSA) is 96.3 Å². The highest BCUT2D eigenvalue weighted by molar-refractivity contribution is 7.90. The normalized spacial score (nSPS) is 13.2. The molecule has 0 fully saturated rings. The van der Waals surface area contributed by atoms with Gasteiger partial charge in [0.2, 0.25) is 0 Å². The molecular weight excluding hydrogens is 340 g/mol. The molecule has 0 heterocycles. The van der Waals surface area contributed by atoms with E-state index >= 15 is 0 Å². The number of benzene rings is 1. The largest absolute Gasteiger partial charge is 0.444 e. The number of amides is 1. The molecule has 0 aliphatic rings. The minimum Gasteiger partial charge on any atom is -0.444 e. The Morgan fingerprint density at radius 1 is 1.24 bits per heavy atom. The first-order chi connectivity index (χ1) is 11.4. The lowest BCUT2D eigenvalue weighted by molar-refractivity contribution is 0.0497. The van der Waals surface area contributed by atoms with Crippen LogP contribution in [0.15, 0.2) is 24.3 Å². The molecule has 1 rings (SSSR count). The van der Waals surface area contributed by atoms with Crippen molar-refractivity contribution in [3.8, 4) is 6.07 Å². The standard InChI is InChI=1S/C18H26N2O4S/c1-13(2)16(20-17(21)24-18(3,4)5)12-25(22,23)11-15-8-6-14(10-19)7-9-15/h6-9,13,16H,11-12H2,1-5H3,(H,20,21)/t16-/m1/s1. The fourth-order valence-corrected chi connectivity index (χ4v) is 3.96. The van der Waals surface area contributed by atoms with Crippen molar-refractivity contribution < 1.29 is 17.9 Å². The van der Waals surface area contributed by atoms with Crippen LogP contribution in [0.5, 0.6) is 0 Å². The molecule has 138 valence electrons. The van der Waals surface area contributed by atoms with E-state index in [4.69, 9.17) is 10.00 Å². The number of carbonyl (C=O) groups excluding carboxylic acids is 1. The lowest BCUT2D eigenvalue weighted by Crippen LogP contribution is -2.45. The van der Waals surface area contributed by atoms with Crippen molar-refractivity contribution in [3.63, 3.8) is 0 Å². The van der Waals surface area contributed by atoms with E-state index in [2.05, 4.69) is 5.32 Å². The summed E-state index contributed by atoms with van der Waals surface area (Å²) in [5.74, 6) is -0.384. The summed E-state index contributed by atoms with van der Waals surface area (Å²) < 4.78 is 30.2. The minimum atomic E-state index is -3.44. The fourth-order valence-electron chi connectivity index (χ4n) is 2.12. The molecule has 0 aliphatic heterocycles. The molecule has 6 nitrogen and oxygen atoms in total. The molecular formula is C18H26N2O4S. The van der Waals surface area contributed by atoms with Crippen LogP contribution in [0.25, 0.3) is 0 Å². The van der Waals surface area contributed by atoms with Crippen molar-refractivity contribution in [1.82, 2.24) is 5.32 Å². The third-order valence-corrected chi connectivity index (χ3v) is 5.05. The molecule has 1 amide bonds. The lowest BCUT2D eigenvalue weighted by atomic mass is 10.1. The number of hydrogen-bond acceptors (Lipinski definition) is 5. The summed E-state index contributed by atoms with van der Waals surface area (Å²) in [4.78, 5) is 11.9. The molecule has 1 N–H and O–H groups in total. The van der Waals surface area contributed by atoms with Crippen molar-refractivity contribution in [2.75, 3.05) is 5.75 Å². The lowest BCUT2D eigenvalue weighted by Gasteiger charge is -2.25. The molecule has 1 aromatic rings. The monoisotopic (exact) mass is 366 g/mol. The summed E-state index contributed by atoms with van der Waals surface area (Å²) in [5.41, 5.74) is 0.444. The van der Waals surface area contributed by atoms with E-state index in [1.54, 1.807) is 45.0 Å². The summed E-state index contributed by atoms with van der Waals surface area (Å²) in [7, 11) is -3.44. The van der Waals surface area contributed by atoms with Gasteiger partial charge in [0.25, 0.3) is 0 Å². The van der Waals surface area contributed by atoms with Crippen molar-refractivity contribution in [3.05, 3.63) is 35.4 Å². The molecule has 0 unspecified atom stereocenters. The number of nitriles is 1. The van der Waals surface area contributed by atoms with Gasteiger partial charge >= 0.3 is 6.09 Å². The maximum atomic E-state index is 12.5. The second-order valence-electron chi connectivity index (χ2n) is 7.36. The summed E-state index contributed by atoms with van der Waals surface area (Å²) in [6.45, 7) is 8.94. The van der Waals surface area contributed by atoms with Crippen LogP contribution in [0.3, 0.4) is 0 Å². The van der Waals surface area contributed by atoms with Gasteiger partial charge in [-0.2, -0.15) is 5.26 Å². The van der Waals surface area contributed by atoms with Gasteiger partial charge in [-0.15, -0.1) is 0 Å². The van der Waals surface area contributed by atoms with Crippen molar-refractivity contribution in [1.29, 1.82) is 5.26 Å².